The lowest BCUT2D eigenvalue weighted by molar-refractivity contribution is -0.124. The van der Waals surface area contributed by atoms with Crippen molar-refractivity contribution in [3.63, 3.8) is 0 Å². The summed E-state index contributed by atoms with van der Waals surface area (Å²) < 4.78 is 0. The van der Waals surface area contributed by atoms with Crippen LogP contribution >= 0.6 is 0 Å². The molecule has 0 saturated carbocycles. The van der Waals surface area contributed by atoms with Crippen molar-refractivity contribution < 1.29 is 4.79 Å². The van der Waals surface area contributed by atoms with Gasteiger partial charge in [-0.15, -0.1) is 0 Å². The van der Waals surface area contributed by atoms with Gasteiger partial charge in [0.25, 0.3) is 0 Å². The molecule has 23 heavy (non-hydrogen) atoms. The van der Waals surface area contributed by atoms with Crippen molar-refractivity contribution in [3.8, 4) is 0 Å². The van der Waals surface area contributed by atoms with Crippen LogP contribution in [-0.2, 0) is 4.79 Å². The molecule has 0 unspecified atom stereocenters. The van der Waals surface area contributed by atoms with Crippen LogP contribution in [0.5, 0.6) is 0 Å². The number of ketones is 1. The summed E-state index contributed by atoms with van der Waals surface area (Å²) in [5.74, 6) is 0.849. The molecule has 2 saturated heterocycles. The highest BCUT2D eigenvalue weighted by Gasteiger charge is 2.26. The van der Waals surface area contributed by atoms with E-state index in [1.165, 1.54) is 26.2 Å². The Labute approximate surface area is 144 Å². The van der Waals surface area contributed by atoms with Gasteiger partial charge in [0.1, 0.15) is 5.78 Å². The van der Waals surface area contributed by atoms with E-state index in [4.69, 9.17) is 0 Å². The molecule has 2 rings (SSSR count). The average Bonchev–Trinajstić information content (AvgIpc) is 2.58. The lowest BCUT2D eigenvalue weighted by atomic mass is 9.90. The fraction of sp³-hybridized carbons (Fsp3) is 0.947. The zero-order chi connectivity index (χ0) is 17.2. The van der Waals surface area contributed by atoms with Crippen molar-refractivity contribution >= 4 is 5.78 Å². The van der Waals surface area contributed by atoms with E-state index in [1.54, 1.807) is 0 Å². The van der Waals surface area contributed by atoms with E-state index in [9.17, 15) is 4.79 Å². The van der Waals surface area contributed by atoms with Crippen LogP contribution in [0.25, 0.3) is 0 Å². The summed E-state index contributed by atoms with van der Waals surface area (Å²) in [5.41, 5.74) is 0. The van der Waals surface area contributed by atoms with Crippen LogP contribution < -0.4 is 0 Å². The third-order valence-corrected chi connectivity index (χ3v) is 5.08. The minimum Gasteiger partial charge on any atom is -0.299 e. The molecule has 0 aliphatic carbocycles. The molecule has 2 fully saturated rings. The lowest BCUT2D eigenvalue weighted by Crippen LogP contribution is -2.52. The Morgan fingerprint density at radius 3 is 1.96 bits per heavy atom. The van der Waals surface area contributed by atoms with Gasteiger partial charge in [0.05, 0.1) is 6.67 Å². The SMILES string of the molecule is CC.CCCC(=O)C1CCN(CN2CCN(C(C)C)CC2)CC1. The van der Waals surface area contributed by atoms with Crippen LogP contribution in [0, 0.1) is 5.92 Å². The van der Waals surface area contributed by atoms with Crippen molar-refractivity contribution in [1.29, 1.82) is 0 Å². The maximum Gasteiger partial charge on any atom is 0.136 e. The number of carbonyl (C=O) groups excluding carboxylic acids is 1. The van der Waals surface area contributed by atoms with Gasteiger partial charge in [0.2, 0.25) is 0 Å². The van der Waals surface area contributed by atoms with Crippen LogP contribution in [0.3, 0.4) is 0 Å². The molecule has 0 N–H and O–H groups in total. The van der Waals surface area contributed by atoms with Crippen LogP contribution in [0.2, 0.25) is 0 Å². The predicted octanol–water partition coefficient (Wildman–Crippen LogP) is 3.08. The first-order valence-corrected chi connectivity index (χ1v) is 9.81. The summed E-state index contributed by atoms with van der Waals surface area (Å²) in [7, 11) is 0. The van der Waals surface area contributed by atoms with Gasteiger partial charge < -0.3 is 0 Å². The van der Waals surface area contributed by atoms with Gasteiger partial charge in [-0.3, -0.25) is 19.5 Å². The molecule has 0 atom stereocenters. The van der Waals surface area contributed by atoms with Gasteiger partial charge in [-0.25, -0.2) is 0 Å². The number of piperazine rings is 1. The predicted molar refractivity (Wildman–Crippen MR) is 98.7 cm³/mol. The van der Waals surface area contributed by atoms with E-state index in [0.717, 1.165) is 45.4 Å². The maximum atomic E-state index is 12.0. The highest BCUT2D eigenvalue weighted by atomic mass is 16.1. The second kappa shape index (κ2) is 11.2. The van der Waals surface area contributed by atoms with Crippen LogP contribution in [-0.4, -0.2) is 72.5 Å². The van der Waals surface area contributed by atoms with Crippen LogP contribution in [0.4, 0.5) is 0 Å². The van der Waals surface area contributed by atoms with E-state index in [1.807, 2.05) is 13.8 Å². The number of likely N-dealkylation sites (tertiary alicyclic amines) is 1. The highest BCUT2D eigenvalue weighted by molar-refractivity contribution is 5.81. The van der Waals surface area contributed by atoms with E-state index in [0.29, 0.717) is 17.7 Å². The third kappa shape index (κ3) is 6.90. The molecule has 0 radical (unpaired) electrons. The first kappa shape index (κ1) is 20.6. The quantitative estimate of drug-likeness (QED) is 0.750. The number of hydrogen-bond donors (Lipinski definition) is 0. The largest absolute Gasteiger partial charge is 0.299 e. The standard InChI is InChI=1S/C17H33N3O.C2H6/c1-4-5-17(21)16-6-8-18(9-7-16)14-19-10-12-20(13-11-19)15(2)3;1-2/h15-16H,4-14H2,1-3H3;1-2H3. The number of carbonyl (C=O) groups is 1. The van der Waals surface area contributed by atoms with Crippen molar-refractivity contribution in [2.45, 2.75) is 66.3 Å². The number of hydrogen-bond acceptors (Lipinski definition) is 4. The Morgan fingerprint density at radius 1 is 0.957 bits per heavy atom. The van der Waals surface area contributed by atoms with Gasteiger partial charge in [-0.05, 0) is 33.1 Å². The normalized spacial score (nSPS) is 22.0. The van der Waals surface area contributed by atoms with Gasteiger partial charge >= 0.3 is 0 Å². The lowest BCUT2D eigenvalue weighted by Gasteiger charge is -2.40. The van der Waals surface area contributed by atoms with Crippen molar-refractivity contribution in [1.82, 2.24) is 14.7 Å². The van der Waals surface area contributed by atoms with Crippen molar-refractivity contribution in [2.75, 3.05) is 45.9 Å². The minimum atomic E-state index is 0.346. The van der Waals surface area contributed by atoms with E-state index < -0.39 is 0 Å². The van der Waals surface area contributed by atoms with Gasteiger partial charge in [0.15, 0.2) is 0 Å². The molecule has 4 nitrogen and oxygen atoms in total. The molecule has 0 amide bonds. The van der Waals surface area contributed by atoms with Crippen molar-refractivity contribution in [2.24, 2.45) is 5.92 Å². The third-order valence-electron chi connectivity index (χ3n) is 5.08. The summed E-state index contributed by atoms with van der Waals surface area (Å²) in [6.45, 7) is 18.7. The molecule has 2 aliphatic rings. The topological polar surface area (TPSA) is 26.8 Å². The zero-order valence-corrected chi connectivity index (χ0v) is 16.2. The highest BCUT2D eigenvalue weighted by Crippen LogP contribution is 2.20. The number of nitrogens with zero attached hydrogens (tertiary/aromatic N) is 3. The minimum absolute atomic E-state index is 0.346. The molecule has 0 aromatic carbocycles. The second-order valence-corrected chi connectivity index (χ2v) is 7.00. The van der Waals surface area contributed by atoms with Crippen molar-refractivity contribution in [3.05, 3.63) is 0 Å². The first-order chi connectivity index (χ1) is 11.1. The molecule has 2 heterocycles. The molecule has 4 heteroatoms. The molecule has 0 aromatic rings. The first-order valence-electron chi connectivity index (χ1n) is 9.81. The molecular weight excluding hydrogens is 286 g/mol. The summed E-state index contributed by atoms with van der Waals surface area (Å²) >= 11 is 0. The molecule has 0 aromatic heterocycles. The fourth-order valence-electron chi connectivity index (χ4n) is 3.55. The molecule has 0 bridgehead atoms. The monoisotopic (exact) mass is 325 g/mol. The van der Waals surface area contributed by atoms with E-state index in [-0.39, 0.29) is 0 Å². The van der Waals surface area contributed by atoms with Gasteiger partial charge in [-0.1, -0.05) is 20.8 Å². The van der Waals surface area contributed by atoms with Gasteiger partial charge in [0, 0.05) is 57.6 Å². The average molecular weight is 326 g/mol. The smallest absolute Gasteiger partial charge is 0.136 e. The second-order valence-electron chi connectivity index (χ2n) is 7.00. The Morgan fingerprint density at radius 2 is 1.48 bits per heavy atom. The molecule has 0 spiro atoms. The fourth-order valence-corrected chi connectivity index (χ4v) is 3.55. The molecular formula is C19H39N3O. The Kier molecular flexibility index (Phi) is 10.00. The van der Waals surface area contributed by atoms with E-state index >= 15 is 0 Å². The Balaban J connectivity index is 0.00000127. The number of Topliss-reactive ketones (excluding diaryl/α,β-unsaturated/α-hetero) is 1. The summed E-state index contributed by atoms with van der Waals surface area (Å²) in [6, 6.07) is 0.674. The molecule has 2 aliphatic heterocycles. The summed E-state index contributed by atoms with van der Waals surface area (Å²) in [5, 5.41) is 0. The number of piperidine rings is 1. The molecule has 136 valence electrons. The Bertz CT molecular complexity index is 317. The van der Waals surface area contributed by atoms with E-state index in [2.05, 4.69) is 35.5 Å². The summed E-state index contributed by atoms with van der Waals surface area (Å²) in [6.07, 6.45) is 3.93. The number of rotatable bonds is 6. The maximum absolute atomic E-state index is 12.0. The van der Waals surface area contributed by atoms with Gasteiger partial charge in [-0.2, -0.15) is 0 Å². The Hall–Kier alpha value is -0.450. The van der Waals surface area contributed by atoms with Crippen LogP contribution in [0.1, 0.15) is 60.3 Å². The zero-order valence-electron chi connectivity index (χ0n) is 16.2. The van der Waals surface area contributed by atoms with Crippen LogP contribution in [0.15, 0.2) is 0 Å². The summed E-state index contributed by atoms with van der Waals surface area (Å²) in [4.78, 5) is 19.6.